The third-order valence-electron chi connectivity index (χ3n) is 11.8. The molecule has 0 saturated heterocycles. The summed E-state index contributed by atoms with van der Waals surface area (Å²) in [5.41, 5.74) is 5.39. The smallest absolute Gasteiger partial charge is 0.326 e. The molecule has 0 bridgehead atoms. The van der Waals surface area contributed by atoms with Gasteiger partial charge in [-0.05, 0) is 117 Å². The number of carbonyl (C=O) groups excluding carboxylic acids is 2. The van der Waals surface area contributed by atoms with Crippen molar-refractivity contribution in [3.05, 3.63) is 0 Å². The fraction of sp³-hybridized carbons (Fsp3) is 0.900. The summed E-state index contributed by atoms with van der Waals surface area (Å²) < 4.78 is 0. The van der Waals surface area contributed by atoms with Gasteiger partial charge < -0.3 is 31.7 Å². The molecule has 0 heterocycles. The molecule has 4 aliphatic rings. The molecule has 0 spiro atoms. The summed E-state index contributed by atoms with van der Waals surface area (Å²) in [5.74, 6) is 1.23. The Hall–Kier alpha value is -1.87. The van der Waals surface area contributed by atoms with E-state index in [1.807, 2.05) is 0 Å². The first-order chi connectivity index (χ1) is 18.4. The van der Waals surface area contributed by atoms with Gasteiger partial charge in [0, 0.05) is 13.0 Å². The Bertz CT molecular complexity index is 915. The first-order valence-electron chi connectivity index (χ1n) is 15.3. The second kappa shape index (κ2) is 11.9. The Balaban J connectivity index is 1.33. The Kier molecular flexibility index (Phi) is 9.21. The molecule has 7 N–H and O–H groups in total. The summed E-state index contributed by atoms with van der Waals surface area (Å²) in [7, 11) is 0. The lowest BCUT2D eigenvalue weighted by molar-refractivity contribution is -0.174. The minimum Gasteiger partial charge on any atom is -0.480 e. The van der Waals surface area contributed by atoms with Crippen LogP contribution in [-0.2, 0) is 9.59 Å². The SMILES string of the molecule is CC(CCC(=O)NC(CCCNC(N)=O)C(=O)O)C1CCC2C3C(O)CC4CC(O)CCC4(C)C3CCC12C. The van der Waals surface area contributed by atoms with Crippen LogP contribution in [0.5, 0.6) is 0 Å². The molecule has 4 aliphatic carbocycles. The summed E-state index contributed by atoms with van der Waals surface area (Å²) >= 11 is 0. The van der Waals surface area contributed by atoms with E-state index >= 15 is 0 Å². The van der Waals surface area contributed by atoms with Gasteiger partial charge in [-0.1, -0.05) is 20.8 Å². The maximum Gasteiger partial charge on any atom is 0.326 e. The number of hydrogen-bond donors (Lipinski definition) is 6. The van der Waals surface area contributed by atoms with E-state index in [-0.39, 0.29) is 41.9 Å². The number of rotatable bonds is 10. The zero-order valence-electron chi connectivity index (χ0n) is 24.0. The zero-order valence-corrected chi connectivity index (χ0v) is 24.0. The van der Waals surface area contributed by atoms with Crippen molar-refractivity contribution in [1.82, 2.24) is 10.6 Å². The highest BCUT2D eigenvalue weighted by molar-refractivity contribution is 5.83. The van der Waals surface area contributed by atoms with Crippen LogP contribution in [0.15, 0.2) is 0 Å². The van der Waals surface area contributed by atoms with Crippen LogP contribution in [-0.4, -0.2) is 58.0 Å². The van der Waals surface area contributed by atoms with Gasteiger partial charge in [0.15, 0.2) is 0 Å². The number of fused-ring (bicyclic) bond motifs is 5. The lowest BCUT2D eigenvalue weighted by atomic mass is 9.43. The number of carbonyl (C=O) groups is 3. The average Bonchev–Trinajstić information content (AvgIpc) is 3.22. The molecule has 11 atom stereocenters. The molecule has 11 unspecified atom stereocenters. The number of hydrogen-bond acceptors (Lipinski definition) is 5. The minimum atomic E-state index is -1.08. The Morgan fingerprint density at radius 1 is 0.974 bits per heavy atom. The third kappa shape index (κ3) is 6.09. The molecule has 0 aromatic heterocycles. The molecule has 0 aromatic carbocycles. The van der Waals surface area contributed by atoms with E-state index < -0.39 is 18.0 Å². The molecule has 0 aliphatic heterocycles. The van der Waals surface area contributed by atoms with Gasteiger partial charge in [-0.15, -0.1) is 0 Å². The van der Waals surface area contributed by atoms with E-state index in [0.29, 0.717) is 54.8 Å². The lowest BCUT2D eigenvalue weighted by Gasteiger charge is -2.62. The van der Waals surface area contributed by atoms with Gasteiger partial charge in [-0.2, -0.15) is 0 Å². The summed E-state index contributed by atoms with van der Waals surface area (Å²) in [4.78, 5) is 35.1. The predicted octanol–water partition coefficient (Wildman–Crippen LogP) is 3.41. The van der Waals surface area contributed by atoms with Crippen LogP contribution in [0.3, 0.4) is 0 Å². The van der Waals surface area contributed by atoms with Crippen molar-refractivity contribution in [3.8, 4) is 0 Å². The molecule has 3 amide bonds. The van der Waals surface area contributed by atoms with E-state index in [1.54, 1.807) is 0 Å². The minimum absolute atomic E-state index is 0.145. The predicted molar refractivity (Wildman–Crippen MR) is 147 cm³/mol. The second-order valence-corrected chi connectivity index (χ2v) is 13.9. The number of carboxylic acids is 1. The molecule has 4 saturated carbocycles. The summed E-state index contributed by atoms with van der Waals surface area (Å²) in [6.45, 7) is 7.36. The molecule has 39 heavy (non-hydrogen) atoms. The standard InChI is InChI=1S/C30H51N3O6/c1-17(6-9-25(36)33-23(27(37)38)5-4-14-32-28(31)39)20-7-8-21-26-22(11-13-30(20,21)3)29(2)12-10-19(34)15-18(29)16-24(26)35/h17-24,26,34-35H,4-16H2,1-3H3,(H,33,36)(H,37,38)(H3,31,32,39). The van der Waals surface area contributed by atoms with E-state index in [0.717, 1.165) is 51.4 Å². The van der Waals surface area contributed by atoms with Gasteiger partial charge in [0.05, 0.1) is 12.2 Å². The average molecular weight is 550 g/mol. The van der Waals surface area contributed by atoms with Gasteiger partial charge in [0.1, 0.15) is 6.04 Å². The second-order valence-electron chi connectivity index (χ2n) is 13.9. The van der Waals surface area contributed by atoms with Crippen molar-refractivity contribution in [2.45, 2.75) is 116 Å². The lowest BCUT2D eigenvalue weighted by Crippen LogP contribution is -2.58. The fourth-order valence-electron chi connectivity index (χ4n) is 9.78. The summed E-state index contributed by atoms with van der Waals surface area (Å²) in [5, 5.41) is 36.3. The maximum atomic E-state index is 12.7. The van der Waals surface area contributed by atoms with Crippen LogP contribution in [0.25, 0.3) is 0 Å². The van der Waals surface area contributed by atoms with E-state index in [9.17, 15) is 29.7 Å². The number of amides is 3. The number of aliphatic carboxylic acids is 1. The monoisotopic (exact) mass is 549 g/mol. The van der Waals surface area contributed by atoms with Gasteiger partial charge in [-0.25, -0.2) is 9.59 Å². The first-order valence-corrected chi connectivity index (χ1v) is 15.3. The normalized spacial score (nSPS) is 40.9. The summed E-state index contributed by atoms with van der Waals surface area (Å²) in [6.07, 6.45) is 9.21. The van der Waals surface area contributed by atoms with Crippen molar-refractivity contribution in [3.63, 3.8) is 0 Å². The van der Waals surface area contributed by atoms with E-state index in [2.05, 4.69) is 31.4 Å². The van der Waals surface area contributed by atoms with Crippen molar-refractivity contribution in [2.75, 3.05) is 6.54 Å². The molecule has 4 fully saturated rings. The molecule has 0 radical (unpaired) electrons. The van der Waals surface area contributed by atoms with Gasteiger partial charge >= 0.3 is 12.0 Å². The van der Waals surface area contributed by atoms with Crippen LogP contribution < -0.4 is 16.4 Å². The Labute approximate surface area is 233 Å². The highest BCUT2D eigenvalue weighted by atomic mass is 16.4. The molecule has 222 valence electrons. The first kappa shape index (κ1) is 30.1. The van der Waals surface area contributed by atoms with Crippen LogP contribution in [0, 0.1) is 46.3 Å². The van der Waals surface area contributed by atoms with Crippen molar-refractivity contribution in [2.24, 2.45) is 52.1 Å². The van der Waals surface area contributed by atoms with Crippen molar-refractivity contribution >= 4 is 17.9 Å². The molecule has 4 rings (SSSR count). The Morgan fingerprint density at radius 2 is 1.67 bits per heavy atom. The van der Waals surface area contributed by atoms with Gasteiger partial charge in [0.2, 0.25) is 5.91 Å². The highest BCUT2D eigenvalue weighted by Gasteiger charge is 2.62. The van der Waals surface area contributed by atoms with E-state index in [1.165, 1.54) is 0 Å². The van der Waals surface area contributed by atoms with Crippen LogP contribution in [0.4, 0.5) is 4.79 Å². The Morgan fingerprint density at radius 3 is 2.36 bits per heavy atom. The van der Waals surface area contributed by atoms with Crippen LogP contribution in [0.2, 0.25) is 0 Å². The molecule has 9 heteroatoms. The topological polar surface area (TPSA) is 162 Å². The molecular formula is C30H51N3O6. The maximum absolute atomic E-state index is 12.7. The number of urea groups is 1. The van der Waals surface area contributed by atoms with Crippen LogP contribution >= 0.6 is 0 Å². The van der Waals surface area contributed by atoms with Crippen molar-refractivity contribution in [1.29, 1.82) is 0 Å². The van der Waals surface area contributed by atoms with Gasteiger partial charge in [-0.3, -0.25) is 4.79 Å². The molecule has 9 nitrogen and oxygen atoms in total. The molecular weight excluding hydrogens is 498 g/mol. The number of aliphatic hydroxyl groups excluding tert-OH is 2. The largest absolute Gasteiger partial charge is 0.480 e. The van der Waals surface area contributed by atoms with Crippen molar-refractivity contribution < 1.29 is 29.7 Å². The van der Waals surface area contributed by atoms with Gasteiger partial charge in [0.25, 0.3) is 0 Å². The zero-order chi connectivity index (χ0) is 28.5. The highest BCUT2D eigenvalue weighted by Crippen LogP contribution is 2.68. The number of aliphatic hydroxyl groups is 2. The van der Waals surface area contributed by atoms with E-state index in [4.69, 9.17) is 5.73 Å². The third-order valence-corrected chi connectivity index (χ3v) is 11.8. The van der Waals surface area contributed by atoms with Crippen LogP contribution in [0.1, 0.15) is 97.8 Å². The fourth-order valence-corrected chi connectivity index (χ4v) is 9.78. The number of nitrogens with one attached hydrogen (secondary N) is 2. The number of nitrogens with two attached hydrogens (primary N) is 1. The number of primary amides is 1. The summed E-state index contributed by atoms with van der Waals surface area (Å²) in [6, 6.07) is -1.63. The number of carboxylic acid groups (broad SMARTS) is 1. The molecule has 0 aromatic rings. The quantitative estimate of drug-likeness (QED) is 0.229.